The van der Waals surface area contributed by atoms with E-state index < -0.39 is 5.60 Å². The number of fused-ring (bicyclic) bond motifs is 1. The van der Waals surface area contributed by atoms with Crippen molar-refractivity contribution < 1.29 is 28.9 Å². The third kappa shape index (κ3) is 6.27. The number of aromatic amines is 1. The number of hydrogen-bond acceptors (Lipinski definition) is 8. The second-order valence-corrected chi connectivity index (χ2v) is 11.8. The van der Waals surface area contributed by atoms with Gasteiger partial charge < -0.3 is 19.3 Å². The molecule has 9 heteroatoms. The molecule has 38 heavy (non-hydrogen) atoms. The molecule has 2 aromatic carbocycles. The van der Waals surface area contributed by atoms with Crippen LogP contribution in [0.5, 0.6) is 23.1 Å². The van der Waals surface area contributed by atoms with Crippen LogP contribution in [0.4, 0.5) is 0 Å². The minimum Gasteiger partial charge on any atom is -0.494 e. The summed E-state index contributed by atoms with van der Waals surface area (Å²) in [5.41, 5.74) is 1.08. The number of ether oxygens (including phenoxy) is 3. The molecule has 0 saturated heterocycles. The molecule has 2 N–H and O–H groups in total. The first-order valence-electron chi connectivity index (χ1n) is 12.6. The van der Waals surface area contributed by atoms with E-state index in [0.29, 0.717) is 47.1 Å². The van der Waals surface area contributed by atoms with E-state index in [1.54, 1.807) is 13.0 Å². The van der Waals surface area contributed by atoms with Crippen LogP contribution < -0.4 is 19.1 Å². The fourth-order valence-corrected chi connectivity index (χ4v) is 5.11. The maximum Gasteiger partial charge on any atom is 0.310 e. The van der Waals surface area contributed by atoms with Gasteiger partial charge in [-0.15, -0.1) is 0 Å². The summed E-state index contributed by atoms with van der Waals surface area (Å²) in [6.07, 6.45) is 1.36. The third-order valence-corrected chi connectivity index (χ3v) is 7.35. The van der Waals surface area contributed by atoms with Crippen molar-refractivity contribution in [2.45, 2.75) is 71.3 Å². The average Bonchev–Trinajstić information content (AvgIpc) is 3.15. The lowest BCUT2D eigenvalue weighted by molar-refractivity contribution is -0.134. The Morgan fingerprint density at radius 2 is 1.89 bits per heavy atom. The van der Waals surface area contributed by atoms with Gasteiger partial charge in [0.15, 0.2) is 5.78 Å². The van der Waals surface area contributed by atoms with Crippen molar-refractivity contribution in [3.8, 4) is 23.1 Å². The van der Waals surface area contributed by atoms with Gasteiger partial charge in [-0.05, 0) is 42.2 Å². The zero-order chi connectivity index (χ0) is 27.7. The first kappa shape index (κ1) is 27.4. The van der Waals surface area contributed by atoms with Crippen LogP contribution in [-0.2, 0) is 16.6 Å². The molecule has 0 fully saturated rings. The number of ketones is 1. The Labute approximate surface area is 225 Å². The molecule has 1 atom stereocenters. The summed E-state index contributed by atoms with van der Waals surface area (Å²) >= 11 is 0.988. The minimum absolute atomic E-state index is 0.0670. The predicted octanol–water partition coefficient (Wildman–Crippen LogP) is 5.54. The maximum absolute atomic E-state index is 13.1. The Morgan fingerprint density at radius 3 is 2.50 bits per heavy atom. The van der Waals surface area contributed by atoms with Gasteiger partial charge in [-0.1, -0.05) is 51.2 Å². The highest BCUT2D eigenvalue weighted by molar-refractivity contribution is 7.09. The summed E-state index contributed by atoms with van der Waals surface area (Å²) in [6.45, 7) is 10.0. The number of rotatable bonds is 8. The second kappa shape index (κ2) is 10.6. The highest BCUT2D eigenvalue weighted by Crippen LogP contribution is 2.42. The fourth-order valence-electron chi connectivity index (χ4n) is 4.35. The number of esters is 1. The highest BCUT2D eigenvalue weighted by atomic mass is 32.1. The Bertz CT molecular complexity index is 1400. The highest BCUT2D eigenvalue weighted by Gasteiger charge is 2.38. The molecule has 1 aliphatic heterocycles. The van der Waals surface area contributed by atoms with Gasteiger partial charge in [0.05, 0.1) is 23.5 Å². The Morgan fingerprint density at radius 1 is 1.18 bits per heavy atom. The molecule has 0 radical (unpaired) electrons. The molecule has 1 aromatic heterocycles. The zero-order valence-electron chi connectivity index (χ0n) is 22.3. The maximum atomic E-state index is 13.1. The van der Waals surface area contributed by atoms with Gasteiger partial charge >= 0.3 is 10.8 Å². The lowest BCUT2D eigenvalue weighted by Crippen LogP contribution is -2.40. The van der Waals surface area contributed by atoms with Crippen LogP contribution in [0, 0.1) is 0 Å². The summed E-state index contributed by atoms with van der Waals surface area (Å²) in [5, 5.41) is 9.78. The van der Waals surface area contributed by atoms with Gasteiger partial charge in [0, 0.05) is 24.8 Å². The van der Waals surface area contributed by atoms with Crippen molar-refractivity contribution in [1.29, 1.82) is 0 Å². The minimum atomic E-state index is -0.746. The molecule has 1 aliphatic rings. The van der Waals surface area contributed by atoms with Crippen LogP contribution in [0.3, 0.4) is 0 Å². The van der Waals surface area contributed by atoms with Crippen molar-refractivity contribution >= 4 is 23.1 Å². The zero-order valence-corrected chi connectivity index (χ0v) is 23.1. The van der Waals surface area contributed by atoms with Crippen LogP contribution in [0.15, 0.2) is 41.2 Å². The van der Waals surface area contributed by atoms with E-state index >= 15 is 0 Å². The van der Waals surface area contributed by atoms with Crippen molar-refractivity contribution in [1.82, 2.24) is 4.98 Å². The summed E-state index contributed by atoms with van der Waals surface area (Å²) in [7, 11) is 0. The fraction of sp³-hybridized carbons (Fsp3) is 0.414. The van der Waals surface area contributed by atoms with Gasteiger partial charge in [0.2, 0.25) is 5.88 Å². The molecular formula is C29H33NO7S. The van der Waals surface area contributed by atoms with Crippen molar-refractivity contribution in [3.63, 3.8) is 0 Å². The predicted molar refractivity (Wildman–Crippen MR) is 145 cm³/mol. The summed E-state index contributed by atoms with van der Waals surface area (Å²) < 4.78 is 17.8. The summed E-state index contributed by atoms with van der Waals surface area (Å²) in [6, 6.07) is 10.9. The molecule has 2 heterocycles. The topological polar surface area (TPSA) is 115 Å². The number of H-pyrrole nitrogens is 1. The smallest absolute Gasteiger partial charge is 0.310 e. The monoisotopic (exact) mass is 539 g/mol. The normalized spacial score (nSPS) is 17.0. The number of aromatic hydroxyl groups is 1. The number of nitrogens with one attached hydrogen (secondary N) is 1. The van der Waals surface area contributed by atoms with Crippen LogP contribution in [0.2, 0.25) is 0 Å². The number of carbonyl (C=O) groups is 2. The van der Waals surface area contributed by atoms with E-state index in [-0.39, 0.29) is 40.8 Å². The Hall–Kier alpha value is -3.59. The van der Waals surface area contributed by atoms with Gasteiger partial charge in [-0.25, -0.2) is 0 Å². The second-order valence-electron chi connectivity index (χ2n) is 10.8. The Balaban J connectivity index is 1.43. The molecule has 0 bridgehead atoms. The summed E-state index contributed by atoms with van der Waals surface area (Å²) in [4.78, 5) is 39.2. The van der Waals surface area contributed by atoms with Crippen molar-refractivity contribution in [2.24, 2.45) is 0 Å². The van der Waals surface area contributed by atoms with Crippen molar-refractivity contribution in [2.75, 3.05) is 6.61 Å². The first-order chi connectivity index (χ1) is 17.9. The van der Waals surface area contributed by atoms with Gasteiger partial charge in [0.1, 0.15) is 22.8 Å². The van der Waals surface area contributed by atoms with Crippen molar-refractivity contribution in [3.05, 3.63) is 67.6 Å². The third-order valence-electron chi connectivity index (χ3n) is 6.48. The number of benzene rings is 2. The molecule has 202 valence electrons. The SMILES string of the molecule is CCC(=O)Oc1cc2c(cc1C(C)(C)C)OC(C)(CCOc1ccc(Cc3sc(=O)[nH]c3O)cc1)CC2=O. The Kier molecular flexibility index (Phi) is 7.69. The van der Waals surface area contributed by atoms with E-state index in [0.717, 1.165) is 22.5 Å². The molecule has 0 aliphatic carbocycles. The molecule has 3 aromatic rings. The molecule has 0 spiro atoms. The first-order valence-corrected chi connectivity index (χ1v) is 13.4. The number of hydrogen-bond donors (Lipinski definition) is 2. The number of thiazole rings is 1. The van der Waals surface area contributed by atoms with E-state index in [9.17, 15) is 19.5 Å². The quantitative estimate of drug-likeness (QED) is 0.285. The number of aromatic nitrogens is 1. The van der Waals surface area contributed by atoms with Gasteiger partial charge in [0.25, 0.3) is 0 Å². The van der Waals surface area contributed by atoms with Crippen LogP contribution in [0.25, 0.3) is 0 Å². The van der Waals surface area contributed by atoms with Crippen LogP contribution >= 0.6 is 11.3 Å². The van der Waals surface area contributed by atoms with Crippen LogP contribution in [-0.4, -0.2) is 34.1 Å². The average molecular weight is 540 g/mol. The van der Waals surface area contributed by atoms with E-state index in [2.05, 4.69) is 4.98 Å². The molecule has 4 rings (SSSR count). The van der Waals surface area contributed by atoms with E-state index in [1.165, 1.54) is 0 Å². The number of Topliss-reactive ketones (excluding diaryl/α,β-unsaturated/α-hetero) is 1. The molecular weight excluding hydrogens is 506 g/mol. The molecule has 0 saturated carbocycles. The largest absolute Gasteiger partial charge is 0.494 e. The standard InChI is InChI=1S/C29H33NO7S/c1-6-25(32)36-23-14-19-21(31)16-29(5,37-22(19)15-20(23)28(2,3)4)11-12-35-18-9-7-17(8-10-18)13-24-26(33)30-27(34)38-24/h7-10,14-15,33H,6,11-13,16H2,1-5H3,(H,30,34). The number of carbonyl (C=O) groups excluding carboxylic acids is 2. The lowest BCUT2D eigenvalue weighted by atomic mass is 9.83. The van der Waals surface area contributed by atoms with Gasteiger partial charge in [-0.2, -0.15) is 0 Å². The van der Waals surface area contributed by atoms with E-state index in [1.807, 2.05) is 58.0 Å². The lowest BCUT2D eigenvalue weighted by Gasteiger charge is -2.36. The van der Waals surface area contributed by atoms with E-state index in [4.69, 9.17) is 14.2 Å². The summed E-state index contributed by atoms with van der Waals surface area (Å²) in [5.74, 6) is 1.05. The molecule has 8 nitrogen and oxygen atoms in total. The van der Waals surface area contributed by atoms with Crippen LogP contribution in [0.1, 0.15) is 80.2 Å². The molecule has 1 unspecified atom stereocenters. The molecule has 0 amide bonds. The van der Waals surface area contributed by atoms with Gasteiger partial charge in [-0.3, -0.25) is 19.4 Å².